The summed E-state index contributed by atoms with van der Waals surface area (Å²) in [6.45, 7) is 9.36. The average molecular weight is 370 g/mol. The van der Waals surface area contributed by atoms with Gasteiger partial charge in [-0.15, -0.1) is 6.58 Å². The van der Waals surface area contributed by atoms with Gasteiger partial charge in [0.25, 0.3) is 0 Å². The largest absolute Gasteiger partial charge is 0.459 e. The van der Waals surface area contributed by atoms with Gasteiger partial charge in [-0.2, -0.15) is 0 Å². The number of carbonyl (C=O) groups is 2. The van der Waals surface area contributed by atoms with Crippen LogP contribution in [0.5, 0.6) is 0 Å². The van der Waals surface area contributed by atoms with Gasteiger partial charge in [-0.1, -0.05) is 62.4 Å². The second-order valence-electron chi connectivity index (χ2n) is 6.96. The van der Waals surface area contributed by atoms with Crippen molar-refractivity contribution in [2.45, 2.75) is 58.3 Å². The number of hydrogen-bond donors (Lipinski definition) is 0. The Balaban J connectivity index is 2.26. The molecule has 4 heteroatoms. The van der Waals surface area contributed by atoms with Crippen molar-refractivity contribution in [2.24, 2.45) is 11.8 Å². The molecule has 4 nitrogen and oxygen atoms in total. The quantitative estimate of drug-likeness (QED) is 0.414. The Kier molecular flexibility index (Phi) is 7.99. The highest BCUT2D eigenvalue weighted by atomic mass is 16.6. The molecule has 0 amide bonds. The van der Waals surface area contributed by atoms with Gasteiger partial charge in [0.15, 0.2) is 6.10 Å². The second-order valence-corrected chi connectivity index (χ2v) is 6.96. The molecule has 1 aromatic rings. The zero-order valence-corrected chi connectivity index (χ0v) is 16.5. The summed E-state index contributed by atoms with van der Waals surface area (Å²) in [6.07, 6.45) is 6.43. The lowest BCUT2D eigenvalue weighted by Crippen LogP contribution is -2.38. The molecule has 0 radical (unpaired) electrons. The number of carbonyl (C=O) groups excluding carboxylic acids is 2. The topological polar surface area (TPSA) is 52.6 Å². The van der Waals surface area contributed by atoms with Gasteiger partial charge in [0, 0.05) is 5.92 Å². The first-order valence-corrected chi connectivity index (χ1v) is 9.72. The minimum absolute atomic E-state index is 0.0229. The fourth-order valence-corrected chi connectivity index (χ4v) is 3.37. The maximum Gasteiger partial charge on any atom is 0.340 e. The monoisotopic (exact) mass is 370 g/mol. The molecule has 0 aromatic heterocycles. The van der Waals surface area contributed by atoms with Crippen LogP contribution in [0.3, 0.4) is 0 Å². The molecule has 5 unspecified atom stereocenters. The van der Waals surface area contributed by atoms with Crippen molar-refractivity contribution >= 4 is 11.8 Å². The molecule has 27 heavy (non-hydrogen) atoms. The fourth-order valence-electron chi connectivity index (χ4n) is 3.37. The van der Waals surface area contributed by atoms with E-state index in [1.807, 2.05) is 56.3 Å². The van der Waals surface area contributed by atoms with Crippen LogP contribution >= 0.6 is 0 Å². The maximum absolute atomic E-state index is 13.1. The number of esters is 1. The first-order chi connectivity index (χ1) is 13.0. The lowest BCUT2D eigenvalue weighted by atomic mass is 9.85. The smallest absolute Gasteiger partial charge is 0.340 e. The van der Waals surface area contributed by atoms with Gasteiger partial charge < -0.3 is 9.47 Å². The standard InChI is InChI=1S/C23H30O4/c1-5-17(6-2)21(20(7-3)16(4)24)27-23(25)22(26-19-14-11-15-19)18-12-9-8-10-13-18/h5,8-14,17,19-22H,1,6-7,15H2,2-4H3. The first kappa shape index (κ1) is 21.1. The minimum Gasteiger partial charge on any atom is -0.459 e. The third-order valence-electron chi connectivity index (χ3n) is 5.15. The van der Waals surface area contributed by atoms with E-state index in [2.05, 4.69) is 6.58 Å². The summed E-state index contributed by atoms with van der Waals surface area (Å²) >= 11 is 0. The van der Waals surface area contributed by atoms with Crippen LogP contribution in [-0.4, -0.2) is 24.0 Å². The van der Waals surface area contributed by atoms with Gasteiger partial charge in [-0.3, -0.25) is 4.79 Å². The van der Waals surface area contributed by atoms with E-state index in [0.717, 1.165) is 18.4 Å². The molecule has 0 spiro atoms. The van der Waals surface area contributed by atoms with Crippen LogP contribution in [0.25, 0.3) is 0 Å². The van der Waals surface area contributed by atoms with Crippen LogP contribution in [0.2, 0.25) is 0 Å². The predicted molar refractivity (Wildman–Crippen MR) is 106 cm³/mol. The molecule has 0 bridgehead atoms. The molecule has 0 heterocycles. The van der Waals surface area contributed by atoms with E-state index in [-0.39, 0.29) is 23.7 Å². The van der Waals surface area contributed by atoms with Crippen LogP contribution < -0.4 is 0 Å². The van der Waals surface area contributed by atoms with Crippen LogP contribution in [-0.2, 0) is 19.1 Å². The maximum atomic E-state index is 13.1. The van der Waals surface area contributed by atoms with E-state index in [0.29, 0.717) is 6.42 Å². The van der Waals surface area contributed by atoms with E-state index in [9.17, 15) is 9.59 Å². The zero-order valence-electron chi connectivity index (χ0n) is 16.5. The van der Waals surface area contributed by atoms with Crippen molar-refractivity contribution in [3.63, 3.8) is 0 Å². The zero-order chi connectivity index (χ0) is 19.8. The Hall–Kier alpha value is -2.20. The normalized spacial score (nSPS) is 20.0. The highest BCUT2D eigenvalue weighted by molar-refractivity contribution is 5.80. The number of hydrogen-bond acceptors (Lipinski definition) is 4. The average Bonchev–Trinajstić information content (AvgIpc) is 2.62. The minimum atomic E-state index is -0.810. The number of Topliss-reactive ketones (excluding diaryl/α,β-unsaturated/α-hetero) is 1. The third kappa shape index (κ3) is 5.39. The molecule has 2 rings (SSSR count). The van der Waals surface area contributed by atoms with E-state index < -0.39 is 18.2 Å². The van der Waals surface area contributed by atoms with Crippen LogP contribution in [0.4, 0.5) is 0 Å². The highest BCUT2D eigenvalue weighted by Crippen LogP contribution is 2.30. The van der Waals surface area contributed by atoms with Crippen molar-refractivity contribution in [3.05, 3.63) is 60.7 Å². The predicted octanol–water partition coefficient (Wildman–Crippen LogP) is 4.81. The summed E-state index contributed by atoms with van der Waals surface area (Å²) in [7, 11) is 0. The molecule has 5 atom stereocenters. The van der Waals surface area contributed by atoms with E-state index in [1.54, 1.807) is 13.0 Å². The molecule has 1 aromatic carbocycles. The Morgan fingerprint density at radius 3 is 2.33 bits per heavy atom. The van der Waals surface area contributed by atoms with E-state index in [1.165, 1.54) is 0 Å². The molecule has 0 saturated heterocycles. The molecule has 0 fully saturated rings. The van der Waals surface area contributed by atoms with Crippen LogP contribution in [0, 0.1) is 11.8 Å². The Bertz CT molecular complexity index is 664. The Labute approximate surface area is 162 Å². The lowest BCUT2D eigenvalue weighted by molar-refractivity contribution is -0.172. The van der Waals surface area contributed by atoms with Gasteiger partial charge in [-0.05, 0) is 31.7 Å². The van der Waals surface area contributed by atoms with Crippen molar-refractivity contribution in [1.29, 1.82) is 0 Å². The molecule has 0 saturated carbocycles. The summed E-state index contributed by atoms with van der Waals surface area (Å²) in [5.74, 6) is -0.860. The van der Waals surface area contributed by atoms with Crippen LogP contribution in [0.15, 0.2) is 55.1 Å². The molecule has 1 aliphatic rings. The molecule has 1 aliphatic carbocycles. The molecule has 0 N–H and O–H groups in total. The summed E-state index contributed by atoms with van der Waals surface area (Å²) in [4.78, 5) is 25.2. The second kappa shape index (κ2) is 10.2. The lowest BCUT2D eigenvalue weighted by Gasteiger charge is -2.32. The van der Waals surface area contributed by atoms with Crippen molar-refractivity contribution in [2.75, 3.05) is 0 Å². The molecule has 0 aliphatic heterocycles. The Morgan fingerprint density at radius 1 is 1.22 bits per heavy atom. The van der Waals surface area contributed by atoms with Crippen molar-refractivity contribution in [1.82, 2.24) is 0 Å². The van der Waals surface area contributed by atoms with Crippen molar-refractivity contribution in [3.8, 4) is 0 Å². The Morgan fingerprint density at radius 2 is 1.89 bits per heavy atom. The van der Waals surface area contributed by atoms with Crippen molar-refractivity contribution < 1.29 is 19.1 Å². The molecular weight excluding hydrogens is 340 g/mol. The summed E-state index contributed by atoms with van der Waals surface area (Å²) in [6, 6.07) is 9.35. The van der Waals surface area contributed by atoms with E-state index in [4.69, 9.17) is 9.47 Å². The van der Waals surface area contributed by atoms with E-state index >= 15 is 0 Å². The number of rotatable bonds is 11. The third-order valence-corrected chi connectivity index (χ3v) is 5.15. The number of ketones is 1. The summed E-state index contributed by atoms with van der Waals surface area (Å²) < 4.78 is 11.9. The highest BCUT2D eigenvalue weighted by Gasteiger charge is 2.36. The molecule has 146 valence electrons. The van der Waals surface area contributed by atoms with Crippen LogP contribution in [0.1, 0.15) is 51.7 Å². The summed E-state index contributed by atoms with van der Waals surface area (Å²) in [5.41, 5.74) is 0.754. The first-order valence-electron chi connectivity index (χ1n) is 9.72. The number of benzene rings is 1. The fraction of sp³-hybridized carbons (Fsp3) is 0.478. The van der Waals surface area contributed by atoms with Gasteiger partial charge in [-0.25, -0.2) is 4.79 Å². The molecular formula is C23H30O4. The van der Waals surface area contributed by atoms with Gasteiger partial charge in [0.1, 0.15) is 11.9 Å². The van der Waals surface area contributed by atoms with Gasteiger partial charge >= 0.3 is 5.97 Å². The summed E-state index contributed by atoms with van der Waals surface area (Å²) in [5, 5.41) is 0. The van der Waals surface area contributed by atoms with Gasteiger partial charge in [0.05, 0.1) is 12.0 Å². The SMILES string of the molecule is C=CC(CC)C(OC(=O)C(OC1C=CC1)c1ccccc1)C(CC)C(C)=O. The number of ether oxygens (including phenoxy) is 2. The van der Waals surface area contributed by atoms with Gasteiger partial charge in [0.2, 0.25) is 0 Å².